The van der Waals surface area contributed by atoms with Gasteiger partial charge in [0.1, 0.15) is 24.2 Å². The van der Waals surface area contributed by atoms with E-state index in [1.807, 2.05) is 52.0 Å². The maximum absolute atomic E-state index is 13.9. The van der Waals surface area contributed by atoms with E-state index in [1.165, 1.54) is 41.3 Å². The molecule has 2 amide bonds. The second-order valence-corrected chi connectivity index (χ2v) is 13.2. The molecule has 0 saturated heterocycles. The van der Waals surface area contributed by atoms with Crippen molar-refractivity contribution >= 4 is 43.5 Å². The zero-order valence-corrected chi connectivity index (χ0v) is 26.1. The van der Waals surface area contributed by atoms with Crippen molar-refractivity contribution in [2.75, 3.05) is 17.5 Å². The second-order valence-electron chi connectivity index (χ2n) is 10.5. The van der Waals surface area contributed by atoms with Crippen LogP contribution >= 0.6 is 15.9 Å². The quantitative estimate of drug-likeness (QED) is 0.296. The van der Waals surface area contributed by atoms with Crippen LogP contribution < -0.4 is 14.4 Å². The average molecular weight is 649 g/mol. The number of benzene rings is 3. The van der Waals surface area contributed by atoms with Crippen LogP contribution in [0.4, 0.5) is 10.1 Å². The Balaban J connectivity index is 2.03. The molecule has 0 aliphatic rings. The number of nitrogens with zero attached hydrogens (tertiary/aromatic N) is 2. The van der Waals surface area contributed by atoms with Crippen molar-refractivity contribution in [3.8, 4) is 5.75 Å². The Morgan fingerprint density at radius 1 is 1.02 bits per heavy atom. The number of carbonyl (C=O) groups is 2. The van der Waals surface area contributed by atoms with Gasteiger partial charge in [-0.3, -0.25) is 13.9 Å². The molecule has 0 aromatic heterocycles. The SMILES string of the molecule is CCOc1ccc(S(=O)(=O)N(CC(=O)N(Cc2cccc(Br)c2)[C@H](C)C(=O)NC(C)(C)C)c2ccc(F)cc2)cc1. The zero-order chi connectivity index (χ0) is 30.4. The van der Waals surface area contributed by atoms with Gasteiger partial charge in [-0.2, -0.15) is 0 Å². The lowest BCUT2D eigenvalue weighted by Gasteiger charge is -2.33. The van der Waals surface area contributed by atoms with Crippen molar-refractivity contribution in [3.63, 3.8) is 0 Å². The van der Waals surface area contributed by atoms with Gasteiger partial charge in [0, 0.05) is 16.6 Å². The van der Waals surface area contributed by atoms with Crippen molar-refractivity contribution < 1.29 is 27.1 Å². The average Bonchev–Trinajstić information content (AvgIpc) is 2.90. The molecule has 0 bridgehead atoms. The largest absolute Gasteiger partial charge is 0.494 e. The third-order valence-corrected chi connectivity index (χ3v) is 8.30. The summed E-state index contributed by atoms with van der Waals surface area (Å²) in [6.07, 6.45) is 0. The van der Waals surface area contributed by atoms with E-state index in [0.717, 1.165) is 26.5 Å². The monoisotopic (exact) mass is 647 g/mol. The number of rotatable bonds is 11. The minimum absolute atomic E-state index is 0.0529. The van der Waals surface area contributed by atoms with E-state index in [2.05, 4.69) is 21.2 Å². The fourth-order valence-corrected chi connectivity index (χ4v) is 5.89. The molecule has 8 nitrogen and oxygen atoms in total. The first-order valence-corrected chi connectivity index (χ1v) is 15.3. The molecule has 3 aromatic carbocycles. The molecule has 1 atom stereocenters. The third kappa shape index (κ3) is 8.77. The Morgan fingerprint density at radius 3 is 2.22 bits per heavy atom. The Bertz CT molecular complexity index is 1460. The van der Waals surface area contributed by atoms with Gasteiger partial charge in [-0.25, -0.2) is 12.8 Å². The molecular formula is C30H35BrFN3O5S. The van der Waals surface area contributed by atoms with Crippen LogP contribution in [0.5, 0.6) is 5.75 Å². The molecule has 1 N–H and O–H groups in total. The normalized spacial score (nSPS) is 12.4. The Labute approximate surface area is 249 Å². The molecular weight excluding hydrogens is 613 g/mol. The molecule has 0 unspecified atom stereocenters. The minimum atomic E-state index is -4.28. The number of nitrogens with one attached hydrogen (secondary N) is 1. The van der Waals surface area contributed by atoms with Gasteiger partial charge < -0.3 is 15.0 Å². The van der Waals surface area contributed by atoms with Crippen molar-refractivity contribution in [3.05, 3.63) is 88.6 Å². The van der Waals surface area contributed by atoms with Crippen LogP contribution in [0.15, 0.2) is 82.2 Å². The lowest BCUT2D eigenvalue weighted by molar-refractivity contribution is -0.140. The van der Waals surface area contributed by atoms with Crippen LogP contribution in [-0.4, -0.2) is 49.9 Å². The highest BCUT2D eigenvalue weighted by Crippen LogP contribution is 2.26. The lowest BCUT2D eigenvalue weighted by Crippen LogP contribution is -2.54. The summed E-state index contributed by atoms with van der Waals surface area (Å²) in [5.74, 6) is -1.05. The van der Waals surface area contributed by atoms with Crippen LogP contribution in [-0.2, 0) is 26.2 Å². The van der Waals surface area contributed by atoms with Crippen molar-refractivity contribution in [1.29, 1.82) is 0 Å². The smallest absolute Gasteiger partial charge is 0.264 e. The molecule has 3 aromatic rings. The Hall–Kier alpha value is -3.44. The summed E-state index contributed by atoms with van der Waals surface area (Å²) in [6.45, 7) is 8.75. The van der Waals surface area contributed by atoms with Gasteiger partial charge in [0.2, 0.25) is 11.8 Å². The predicted octanol–water partition coefficient (Wildman–Crippen LogP) is 5.51. The molecule has 0 fully saturated rings. The van der Waals surface area contributed by atoms with Gasteiger partial charge in [0.15, 0.2) is 0 Å². The van der Waals surface area contributed by atoms with Crippen LogP contribution in [0.2, 0.25) is 0 Å². The van der Waals surface area contributed by atoms with E-state index in [0.29, 0.717) is 12.4 Å². The number of carbonyl (C=O) groups excluding carboxylic acids is 2. The molecule has 0 heterocycles. The lowest BCUT2D eigenvalue weighted by atomic mass is 10.1. The molecule has 3 rings (SSSR count). The Kier molecular flexibility index (Phi) is 10.5. The van der Waals surface area contributed by atoms with E-state index in [4.69, 9.17) is 4.74 Å². The van der Waals surface area contributed by atoms with E-state index in [9.17, 15) is 22.4 Å². The van der Waals surface area contributed by atoms with Crippen LogP contribution in [0.3, 0.4) is 0 Å². The highest BCUT2D eigenvalue weighted by Gasteiger charge is 2.33. The number of ether oxygens (including phenoxy) is 1. The van der Waals surface area contributed by atoms with Crippen molar-refractivity contribution in [2.24, 2.45) is 0 Å². The standard InChI is InChI=1S/C30H35BrFN3O5S/c1-6-40-26-14-16-27(17-15-26)41(38,39)35(25-12-10-24(32)11-13-25)20-28(36)34(19-22-8-7-9-23(31)18-22)21(2)29(37)33-30(3,4)5/h7-18,21H,6,19-20H2,1-5H3,(H,33,37)/t21-/m1/s1. The highest BCUT2D eigenvalue weighted by atomic mass is 79.9. The summed E-state index contributed by atoms with van der Waals surface area (Å²) < 4.78 is 48.7. The van der Waals surface area contributed by atoms with E-state index in [1.54, 1.807) is 6.92 Å². The highest BCUT2D eigenvalue weighted by molar-refractivity contribution is 9.10. The molecule has 0 aliphatic heterocycles. The summed E-state index contributed by atoms with van der Waals surface area (Å²) in [7, 11) is -4.28. The second kappa shape index (κ2) is 13.5. The number of hydrogen-bond acceptors (Lipinski definition) is 5. The van der Waals surface area contributed by atoms with Crippen LogP contribution in [0.25, 0.3) is 0 Å². The van der Waals surface area contributed by atoms with E-state index < -0.39 is 39.9 Å². The van der Waals surface area contributed by atoms with E-state index in [-0.39, 0.29) is 23.0 Å². The topological polar surface area (TPSA) is 96.0 Å². The number of halogens is 2. The number of amides is 2. The van der Waals surface area contributed by atoms with Crippen molar-refractivity contribution in [1.82, 2.24) is 10.2 Å². The number of sulfonamides is 1. The summed E-state index contributed by atoms with van der Waals surface area (Å²) in [5, 5.41) is 2.89. The zero-order valence-electron chi connectivity index (χ0n) is 23.7. The fourth-order valence-electron chi connectivity index (χ4n) is 4.03. The molecule has 0 radical (unpaired) electrons. The van der Waals surface area contributed by atoms with Gasteiger partial charge >= 0.3 is 0 Å². The van der Waals surface area contributed by atoms with Crippen molar-refractivity contribution in [2.45, 2.75) is 57.6 Å². The maximum Gasteiger partial charge on any atom is 0.264 e. The minimum Gasteiger partial charge on any atom is -0.494 e. The van der Waals surface area contributed by atoms with Gasteiger partial charge in [-0.15, -0.1) is 0 Å². The van der Waals surface area contributed by atoms with E-state index >= 15 is 0 Å². The number of anilines is 1. The van der Waals surface area contributed by atoms with Gasteiger partial charge in [-0.05, 0) is 101 Å². The molecule has 220 valence electrons. The first-order valence-electron chi connectivity index (χ1n) is 13.1. The van der Waals surface area contributed by atoms with Crippen LogP contribution in [0.1, 0.15) is 40.2 Å². The summed E-state index contributed by atoms with van der Waals surface area (Å²) in [4.78, 5) is 28.4. The summed E-state index contributed by atoms with van der Waals surface area (Å²) in [6, 6.07) is 17.0. The molecule has 0 aliphatic carbocycles. The molecule has 0 spiro atoms. The first kappa shape index (κ1) is 32.1. The number of hydrogen-bond donors (Lipinski definition) is 1. The molecule has 0 saturated carbocycles. The summed E-state index contributed by atoms with van der Waals surface area (Å²) in [5.41, 5.74) is 0.293. The Morgan fingerprint density at radius 2 is 1.66 bits per heavy atom. The molecule has 11 heteroatoms. The van der Waals surface area contributed by atoms with Crippen LogP contribution in [0, 0.1) is 5.82 Å². The van der Waals surface area contributed by atoms with Gasteiger partial charge in [0.25, 0.3) is 10.0 Å². The van der Waals surface area contributed by atoms with Gasteiger partial charge in [0.05, 0.1) is 17.2 Å². The first-order chi connectivity index (χ1) is 19.2. The fraction of sp³-hybridized carbons (Fsp3) is 0.333. The molecule has 41 heavy (non-hydrogen) atoms. The third-order valence-electron chi connectivity index (χ3n) is 6.02. The summed E-state index contributed by atoms with van der Waals surface area (Å²) >= 11 is 3.43. The predicted molar refractivity (Wildman–Crippen MR) is 161 cm³/mol. The van der Waals surface area contributed by atoms with Gasteiger partial charge in [-0.1, -0.05) is 28.1 Å². The maximum atomic E-state index is 13.9.